The van der Waals surface area contributed by atoms with Gasteiger partial charge in [0.15, 0.2) is 0 Å². The predicted molar refractivity (Wildman–Crippen MR) is 103 cm³/mol. The van der Waals surface area contributed by atoms with Gasteiger partial charge in [-0.1, -0.05) is 29.7 Å². The van der Waals surface area contributed by atoms with Gasteiger partial charge in [0.2, 0.25) is 0 Å². The summed E-state index contributed by atoms with van der Waals surface area (Å²) in [5, 5.41) is 0.937. The molecule has 148 valence electrons. The Balaban J connectivity index is 1.37. The molecule has 0 spiro atoms. The van der Waals surface area contributed by atoms with E-state index in [1.54, 1.807) is 17.8 Å². The van der Waals surface area contributed by atoms with Gasteiger partial charge >= 0.3 is 6.36 Å². The molecule has 4 nitrogen and oxygen atoms in total. The van der Waals surface area contributed by atoms with Crippen molar-refractivity contribution in [2.75, 3.05) is 25.4 Å². The molecule has 3 aliphatic heterocycles. The highest BCUT2D eigenvalue weighted by Crippen LogP contribution is 2.41. The lowest BCUT2D eigenvalue weighted by Gasteiger charge is -2.44. The minimum atomic E-state index is -4.70. The van der Waals surface area contributed by atoms with Gasteiger partial charge in [-0.25, -0.2) is 0 Å². The number of ether oxygens (including phenoxy) is 1. The molecule has 5 rings (SSSR count). The van der Waals surface area contributed by atoms with Gasteiger partial charge in [0.1, 0.15) is 10.8 Å². The van der Waals surface area contributed by atoms with Gasteiger partial charge in [-0.3, -0.25) is 0 Å². The highest BCUT2D eigenvalue weighted by molar-refractivity contribution is 7.99. The smallest absolute Gasteiger partial charge is 0.406 e. The van der Waals surface area contributed by atoms with Crippen molar-refractivity contribution in [1.29, 1.82) is 0 Å². The maximum atomic E-state index is 12.3. The number of hydrogen-bond acceptors (Lipinski definition) is 6. The summed E-state index contributed by atoms with van der Waals surface area (Å²) in [6.45, 7) is 3.43. The Morgan fingerprint density at radius 1 is 1.25 bits per heavy atom. The summed E-state index contributed by atoms with van der Waals surface area (Å²) in [5.41, 5.74) is 1.57. The molecule has 3 aliphatic rings. The Morgan fingerprint density at radius 3 is 2.79 bits per heavy atom. The third kappa shape index (κ3) is 4.80. The first-order chi connectivity index (χ1) is 13.5. The largest absolute Gasteiger partial charge is 0.573 e. The van der Waals surface area contributed by atoms with Crippen LogP contribution in [0, 0.1) is 17.8 Å². The maximum Gasteiger partial charge on any atom is 0.573 e. The van der Waals surface area contributed by atoms with Gasteiger partial charge in [-0.2, -0.15) is 8.75 Å². The number of fused-ring (bicyclic) bond motifs is 3. The van der Waals surface area contributed by atoms with Crippen molar-refractivity contribution in [3.63, 3.8) is 0 Å². The van der Waals surface area contributed by atoms with Crippen LogP contribution in [0.2, 0.25) is 0 Å². The van der Waals surface area contributed by atoms with Gasteiger partial charge in [-0.05, 0) is 50.0 Å². The number of halogens is 3. The second-order valence-corrected chi connectivity index (χ2v) is 8.36. The van der Waals surface area contributed by atoms with Crippen molar-refractivity contribution < 1.29 is 17.9 Å². The van der Waals surface area contributed by atoms with E-state index < -0.39 is 6.36 Å². The molecule has 0 N–H and O–H groups in total. The predicted octanol–water partition coefficient (Wildman–Crippen LogP) is 4.39. The zero-order chi connectivity index (χ0) is 19.6. The second-order valence-electron chi connectivity index (χ2n) is 6.87. The average molecular weight is 426 g/mol. The zero-order valence-corrected chi connectivity index (χ0v) is 16.5. The van der Waals surface area contributed by atoms with Crippen molar-refractivity contribution in [3.8, 4) is 17.6 Å². The molecule has 9 heteroatoms. The Bertz CT molecular complexity index is 882. The number of piperidine rings is 3. The first-order valence-corrected chi connectivity index (χ1v) is 10.7. The fourth-order valence-electron chi connectivity index (χ4n) is 3.80. The van der Waals surface area contributed by atoms with E-state index in [1.807, 2.05) is 0 Å². The molecule has 1 aromatic carbocycles. The first-order valence-electron chi connectivity index (χ1n) is 9.00. The number of hydrogen-bond donors (Lipinski definition) is 0. The first kappa shape index (κ1) is 19.6. The molecular formula is C19H18F3N3OS2. The fourth-order valence-corrected chi connectivity index (χ4v) is 5.32. The summed E-state index contributed by atoms with van der Waals surface area (Å²) in [7, 11) is 0. The van der Waals surface area contributed by atoms with Crippen LogP contribution in [0.1, 0.15) is 30.0 Å². The fraction of sp³-hybridized carbons (Fsp3) is 0.474. The zero-order valence-electron chi connectivity index (χ0n) is 14.9. The summed E-state index contributed by atoms with van der Waals surface area (Å²) in [5.74, 6) is 7.27. The van der Waals surface area contributed by atoms with E-state index in [0.29, 0.717) is 23.2 Å². The third-order valence-corrected chi connectivity index (χ3v) is 6.59. The summed E-state index contributed by atoms with van der Waals surface area (Å²) in [4.78, 5) is 2.49. The lowest BCUT2D eigenvalue weighted by molar-refractivity contribution is -0.274. The minimum Gasteiger partial charge on any atom is -0.406 e. The van der Waals surface area contributed by atoms with E-state index >= 15 is 0 Å². The second kappa shape index (κ2) is 8.31. The van der Waals surface area contributed by atoms with Gasteiger partial charge in [0.05, 0.1) is 23.2 Å². The van der Waals surface area contributed by atoms with Crippen molar-refractivity contribution in [2.24, 2.45) is 5.92 Å². The number of alkyl halides is 3. The van der Waals surface area contributed by atoms with Crippen molar-refractivity contribution in [3.05, 3.63) is 35.5 Å². The topological polar surface area (TPSA) is 38.3 Å². The Kier molecular flexibility index (Phi) is 5.80. The number of benzene rings is 1. The van der Waals surface area contributed by atoms with Gasteiger partial charge in [0, 0.05) is 18.0 Å². The lowest BCUT2D eigenvalue weighted by atomic mass is 9.78. The van der Waals surface area contributed by atoms with Crippen molar-refractivity contribution in [1.82, 2.24) is 13.6 Å². The van der Waals surface area contributed by atoms with Crippen molar-refractivity contribution >= 4 is 23.5 Å². The molecule has 0 radical (unpaired) electrons. The van der Waals surface area contributed by atoms with E-state index in [0.717, 1.165) is 17.3 Å². The monoisotopic (exact) mass is 425 g/mol. The molecular weight excluding hydrogens is 407 g/mol. The summed E-state index contributed by atoms with van der Waals surface area (Å²) in [6, 6.07) is 5.70. The highest BCUT2D eigenvalue weighted by atomic mass is 32.2. The van der Waals surface area contributed by atoms with Crippen LogP contribution in [0.3, 0.4) is 0 Å². The van der Waals surface area contributed by atoms with Crippen LogP contribution in [0.15, 0.2) is 29.3 Å². The molecule has 1 aromatic heterocycles. The van der Waals surface area contributed by atoms with Crippen LogP contribution in [-0.2, 0) is 0 Å². The molecule has 3 saturated heterocycles. The van der Waals surface area contributed by atoms with Crippen LogP contribution < -0.4 is 4.74 Å². The molecule has 0 unspecified atom stereocenters. The number of rotatable bonds is 4. The van der Waals surface area contributed by atoms with E-state index in [9.17, 15) is 13.2 Å². The molecule has 1 atom stereocenters. The number of nitrogens with zero attached hydrogens (tertiary/aromatic N) is 3. The Hall–Kier alpha value is -1.76. The van der Waals surface area contributed by atoms with E-state index in [4.69, 9.17) is 0 Å². The van der Waals surface area contributed by atoms with Gasteiger partial charge < -0.3 is 9.64 Å². The van der Waals surface area contributed by atoms with E-state index in [-0.39, 0.29) is 5.75 Å². The normalized spacial score (nSPS) is 23.9. The van der Waals surface area contributed by atoms with Crippen LogP contribution in [0.25, 0.3) is 0 Å². The number of aromatic nitrogens is 2. The maximum absolute atomic E-state index is 12.3. The molecule has 3 fully saturated rings. The Labute approximate surface area is 169 Å². The van der Waals surface area contributed by atoms with Crippen LogP contribution in [0.5, 0.6) is 5.75 Å². The molecule has 0 saturated carbocycles. The highest BCUT2D eigenvalue weighted by Gasteiger charge is 2.37. The van der Waals surface area contributed by atoms with Crippen LogP contribution in [-0.4, -0.2) is 45.4 Å². The minimum absolute atomic E-state index is 0.264. The Morgan fingerprint density at radius 2 is 2.07 bits per heavy atom. The summed E-state index contributed by atoms with van der Waals surface area (Å²) in [6.07, 6.45) is -2.25. The van der Waals surface area contributed by atoms with E-state index in [2.05, 4.69) is 30.2 Å². The summed E-state index contributed by atoms with van der Waals surface area (Å²) < 4.78 is 49.8. The summed E-state index contributed by atoms with van der Waals surface area (Å²) >= 11 is 2.78. The SMILES string of the molecule is FC(F)(F)Oc1cccc(C#CCSc2nsnc2[C@@H]2CN3CCC2CC3)c1. The molecule has 2 aromatic rings. The average Bonchev–Trinajstić information content (AvgIpc) is 3.13. The molecule has 2 bridgehead atoms. The lowest BCUT2D eigenvalue weighted by Crippen LogP contribution is -2.46. The standard InChI is InChI=1S/C19H18F3N3OS2/c20-19(21,22)26-15-5-1-3-13(11-15)4-2-10-27-18-17(23-28-24-18)16-12-25-8-6-14(16)7-9-25/h1,3,5,11,14,16H,6-10,12H2/t16-/m1/s1. The number of thioether (sulfide) groups is 1. The van der Waals surface area contributed by atoms with E-state index in [1.165, 1.54) is 55.9 Å². The van der Waals surface area contributed by atoms with Crippen LogP contribution >= 0.6 is 23.5 Å². The molecule has 28 heavy (non-hydrogen) atoms. The molecule has 0 amide bonds. The third-order valence-electron chi connectivity index (χ3n) is 5.07. The van der Waals surface area contributed by atoms with Gasteiger partial charge in [-0.15, -0.1) is 13.2 Å². The molecule has 4 heterocycles. The van der Waals surface area contributed by atoms with Gasteiger partial charge in [0.25, 0.3) is 0 Å². The van der Waals surface area contributed by atoms with Crippen molar-refractivity contribution in [2.45, 2.75) is 30.1 Å². The quantitative estimate of drug-likeness (QED) is 0.537. The van der Waals surface area contributed by atoms with Crippen LogP contribution in [0.4, 0.5) is 13.2 Å². The molecule has 0 aliphatic carbocycles.